The Labute approximate surface area is 127 Å². The number of hydrogen-bond acceptors (Lipinski definition) is 4. The van der Waals surface area contributed by atoms with Crippen LogP contribution in [0.4, 0.5) is 5.82 Å². The summed E-state index contributed by atoms with van der Waals surface area (Å²) in [4.78, 5) is 27.2. The number of nitrogens with zero attached hydrogens (tertiary/aromatic N) is 1. The number of ether oxygens (including phenoxy) is 1. The fourth-order valence-electron chi connectivity index (χ4n) is 2.68. The molecule has 1 aliphatic heterocycles. The Hall–Kier alpha value is -2.34. The van der Waals surface area contributed by atoms with Crippen LogP contribution in [0.15, 0.2) is 46.0 Å². The van der Waals surface area contributed by atoms with E-state index in [1.807, 2.05) is 30.3 Å². The minimum atomic E-state index is -0.366. The minimum absolute atomic E-state index is 0.0758. The summed E-state index contributed by atoms with van der Waals surface area (Å²) in [5, 5.41) is 3.08. The third-order valence-corrected chi connectivity index (χ3v) is 3.85. The molecule has 116 valence electrons. The molecule has 2 N–H and O–H groups in total. The summed E-state index contributed by atoms with van der Waals surface area (Å²) in [6.45, 7) is 1.73. The van der Waals surface area contributed by atoms with Crippen molar-refractivity contribution in [2.24, 2.45) is 0 Å². The number of rotatable bonds is 4. The predicted molar refractivity (Wildman–Crippen MR) is 84.2 cm³/mol. The summed E-state index contributed by atoms with van der Waals surface area (Å²) in [7, 11) is 0. The van der Waals surface area contributed by atoms with Crippen LogP contribution in [0.3, 0.4) is 0 Å². The Morgan fingerprint density at radius 1 is 1.18 bits per heavy atom. The van der Waals surface area contributed by atoms with Crippen molar-refractivity contribution in [1.29, 1.82) is 0 Å². The number of hydrogen-bond donors (Lipinski definition) is 2. The fraction of sp³-hybridized carbons (Fsp3) is 0.375. The maximum atomic E-state index is 12.2. The molecule has 1 aromatic carbocycles. The first-order valence-corrected chi connectivity index (χ1v) is 7.45. The predicted octanol–water partition coefficient (Wildman–Crippen LogP) is 1.50. The van der Waals surface area contributed by atoms with Gasteiger partial charge in [-0.25, -0.2) is 4.79 Å². The average molecular weight is 301 g/mol. The number of nitrogens with one attached hydrogen (secondary N) is 2. The van der Waals surface area contributed by atoms with Crippen LogP contribution in [-0.2, 0) is 11.3 Å². The van der Waals surface area contributed by atoms with Gasteiger partial charge in [-0.2, -0.15) is 0 Å². The molecule has 1 aromatic heterocycles. The van der Waals surface area contributed by atoms with Gasteiger partial charge in [-0.3, -0.25) is 14.3 Å². The maximum Gasteiger partial charge on any atom is 0.330 e. The summed E-state index contributed by atoms with van der Waals surface area (Å²) in [6, 6.07) is 11.2. The lowest BCUT2D eigenvalue weighted by molar-refractivity contribution is 0.0674. The smallest absolute Gasteiger partial charge is 0.330 e. The molecule has 0 atom stereocenters. The highest BCUT2D eigenvalue weighted by atomic mass is 16.5. The standard InChI is InChI=1S/C16H19N3O3/c20-15-10-14(17-11-12-4-2-1-3-5-12)18-16(21)19(15)13-6-8-22-9-7-13/h1-5,10,13,17H,6-9,11H2,(H,18,21). The molecule has 1 saturated heterocycles. The molecule has 22 heavy (non-hydrogen) atoms. The molecule has 1 aliphatic rings. The highest BCUT2D eigenvalue weighted by molar-refractivity contribution is 5.33. The van der Waals surface area contributed by atoms with Gasteiger partial charge in [0.05, 0.1) is 0 Å². The molecule has 0 spiro atoms. The average Bonchev–Trinajstić information content (AvgIpc) is 2.54. The van der Waals surface area contributed by atoms with Crippen LogP contribution in [0.2, 0.25) is 0 Å². The van der Waals surface area contributed by atoms with Gasteiger partial charge in [0.15, 0.2) is 0 Å². The number of benzene rings is 1. The van der Waals surface area contributed by atoms with E-state index < -0.39 is 0 Å². The van der Waals surface area contributed by atoms with Gasteiger partial charge in [-0.1, -0.05) is 30.3 Å². The van der Waals surface area contributed by atoms with E-state index >= 15 is 0 Å². The largest absolute Gasteiger partial charge is 0.381 e. The zero-order valence-corrected chi connectivity index (χ0v) is 12.2. The van der Waals surface area contributed by atoms with E-state index in [0.29, 0.717) is 38.4 Å². The molecule has 3 rings (SSSR count). The summed E-state index contributed by atoms with van der Waals surface area (Å²) < 4.78 is 6.57. The Morgan fingerprint density at radius 2 is 1.91 bits per heavy atom. The van der Waals surface area contributed by atoms with Crippen molar-refractivity contribution in [3.8, 4) is 0 Å². The topological polar surface area (TPSA) is 76.1 Å². The SMILES string of the molecule is O=c1cc(NCc2ccccc2)[nH]c(=O)n1C1CCOCC1. The molecule has 2 aromatic rings. The van der Waals surface area contributed by atoms with Crippen LogP contribution >= 0.6 is 0 Å². The normalized spacial score (nSPS) is 15.6. The van der Waals surface area contributed by atoms with Gasteiger partial charge in [0.1, 0.15) is 5.82 Å². The van der Waals surface area contributed by atoms with E-state index in [-0.39, 0.29) is 17.3 Å². The van der Waals surface area contributed by atoms with Gasteiger partial charge in [0, 0.05) is 31.9 Å². The Bertz CT molecular complexity index is 699. The quantitative estimate of drug-likeness (QED) is 0.897. The minimum Gasteiger partial charge on any atom is -0.381 e. The molecular formula is C16H19N3O3. The van der Waals surface area contributed by atoms with Gasteiger partial charge in [-0.05, 0) is 18.4 Å². The lowest BCUT2D eigenvalue weighted by Crippen LogP contribution is -2.40. The second-order valence-corrected chi connectivity index (χ2v) is 5.38. The van der Waals surface area contributed by atoms with Crippen molar-refractivity contribution >= 4 is 5.82 Å². The van der Waals surface area contributed by atoms with Crippen LogP contribution in [0.1, 0.15) is 24.4 Å². The summed E-state index contributed by atoms with van der Waals surface area (Å²) in [6.07, 6.45) is 1.39. The number of aromatic nitrogens is 2. The lowest BCUT2D eigenvalue weighted by atomic mass is 10.1. The molecule has 0 unspecified atom stereocenters. The zero-order valence-electron chi connectivity index (χ0n) is 12.2. The molecule has 0 radical (unpaired) electrons. The van der Waals surface area contributed by atoms with E-state index in [9.17, 15) is 9.59 Å². The highest BCUT2D eigenvalue weighted by Crippen LogP contribution is 2.17. The first-order chi connectivity index (χ1) is 10.7. The van der Waals surface area contributed by atoms with Crippen molar-refractivity contribution in [3.05, 3.63) is 62.8 Å². The van der Waals surface area contributed by atoms with Crippen LogP contribution in [0.5, 0.6) is 0 Å². The van der Waals surface area contributed by atoms with Crippen LogP contribution < -0.4 is 16.6 Å². The Morgan fingerprint density at radius 3 is 2.59 bits per heavy atom. The van der Waals surface area contributed by atoms with Gasteiger partial charge in [-0.15, -0.1) is 0 Å². The second-order valence-electron chi connectivity index (χ2n) is 5.38. The van der Waals surface area contributed by atoms with Crippen LogP contribution in [0, 0.1) is 0 Å². The number of anilines is 1. The summed E-state index contributed by atoms with van der Waals surface area (Å²) >= 11 is 0. The highest BCUT2D eigenvalue weighted by Gasteiger charge is 2.19. The summed E-state index contributed by atoms with van der Waals surface area (Å²) in [5.74, 6) is 0.446. The molecule has 0 aliphatic carbocycles. The Kier molecular flexibility index (Phi) is 4.39. The van der Waals surface area contributed by atoms with Gasteiger partial charge in [0.2, 0.25) is 0 Å². The molecule has 0 bridgehead atoms. The van der Waals surface area contributed by atoms with Gasteiger partial charge in [0.25, 0.3) is 5.56 Å². The van der Waals surface area contributed by atoms with Crippen LogP contribution in [0.25, 0.3) is 0 Å². The molecule has 1 fully saturated rings. The van der Waals surface area contributed by atoms with Crippen LogP contribution in [-0.4, -0.2) is 22.8 Å². The third-order valence-electron chi connectivity index (χ3n) is 3.85. The van der Waals surface area contributed by atoms with E-state index in [0.717, 1.165) is 5.56 Å². The number of aromatic amines is 1. The third kappa shape index (κ3) is 3.28. The first kappa shape index (κ1) is 14.6. The van der Waals surface area contributed by atoms with Crippen molar-refractivity contribution < 1.29 is 4.74 Å². The van der Waals surface area contributed by atoms with E-state index in [1.54, 1.807) is 0 Å². The van der Waals surface area contributed by atoms with Crippen molar-refractivity contribution in [2.45, 2.75) is 25.4 Å². The van der Waals surface area contributed by atoms with Crippen molar-refractivity contribution in [1.82, 2.24) is 9.55 Å². The van der Waals surface area contributed by atoms with E-state index in [1.165, 1.54) is 10.6 Å². The first-order valence-electron chi connectivity index (χ1n) is 7.45. The van der Waals surface area contributed by atoms with E-state index in [2.05, 4.69) is 10.3 Å². The monoisotopic (exact) mass is 301 g/mol. The molecule has 6 nitrogen and oxygen atoms in total. The molecule has 0 amide bonds. The molecule has 0 saturated carbocycles. The number of H-pyrrole nitrogens is 1. The van der Waals surface area contributed by atoms with E-state index in [4.69, 9.17) is 4.74 Å². The molecule has 2 heterocycles. The molecule has 6 heteroatoms. The van der Waals surface area contributed by atoms with Crippen molar-refractivity contribution in [2.75, 3.05) is 18.5 Å². The lowest BCUT2D eigenvalue weighted by Gasteiger charge is -2.23. The fourth-order valence-corrected chi connectivity index (χ4v) is 2.68. The summed E-state index contributed by atoms with van der Waals surface area (Å²) in [5.41, 5.74) is 0.443. The Balaban J connectivity index is 1.77. The van der Waals surface area contributed by atoms with Gasteiger partial charge >= 0.3 is 5.69 Å². The van der Waals surface area contributed by atoms with Gasteiger partial charge < -0.3 is 10.1 Å². The zero-order chi connectivity index (χ0) is 15.4. The second kappa shape index (κ2) is 6.62. The maximum absolute atomic E-state index is 12.2. The van der Waals surface area contributed by atoms with Crippen molar-refractivity contribution in [3.63, 3.8) is 0 Å². The molecular weight excluding hydrogens is 282 g/mol.